The van der Waals surface area contributed by atoms with Crippen LogP contribution in [0.4, 0.5) is 5.69 Å². The van der Waals surface area contributed by atoms with Gasteiger partial charge in [-0.3, -0.25) is 4.79 Å². The first kappa shape index (κ1) is 17.3. The van der Waals surface area contributed by atoms with Gasteiger partial charge in [0.1, 0.15) is 12.4 Å². The molecule has 0 radical (unpaired) electrons. The van der Waals surface area contributed by atoms with Crippen LogP contribution in [0.3, 0.4) is 0 Å². The van der Waals surface area contributed by atoms with Crippen LogP contribution in [0.15, 0.2) is 67.0 Å². The van der Waals surface area contributed by atoms with Crippen molar-refractivity contribution in [1.82, 2.24) is 9.78 Å². The van der Waals surface area contributed by atoms with Crippen molar-refractivity contribution in [2.45, 2.75) is 18.9 Å². The zero-order valence-corrected chi connectivity index (χ0v) is 14.9. The Bertz CT molecular complexity index is 868. The van der Waals surface area contributed by atoms with Crippen molar-refractivity contribution in [3.8, 4) is 11.4 Å². The molecule has 1 aliphatic heterocycles. The summed E-state index contributed by atoms with van der Waals surface area (Å²) in [5.74, 6) is 0.582. The highest BCUT2D eigenvalue weighted by Crippen LogP contribution is 2.18. The summed E-state index contributed by atoms with van der Waals surface area (Å²) >= 11 is 0. The number of nitrogens with one attached hydrogen (secondary N) is 1. The van der Waals surface area contributed by atoms with E-state index in [1.807, 2.05) is 48.7 Å². The predicted octanol–water partition coefficient (Wildman–Crippen LogP) is 3.68. The Kier molecular flexibility index (Phi) is 5.16. The minimum atomic E-state index is -0.160. The first-order valence-electron chi connectivity index (χ1n) is 9.04. The van der Waals surface area contributed by atoms with E-state index in [2.05, 4.69) is 10.4 Å². The summed E-state index contributed by atoms with van der Waals surface area (Å²) in [7, 11) is 0. The van der Waals surface area contributed by atoms with Gasteiger partial charge in [0.25, 0.3) is 5.91 Å². The molecule has 4 rings (SSSR count). The number of nitrogens with zero attached hydrogens (tertiary/aromatic N) is 2. The third-order valence-corrected chi connectivity index (χ3v) is 4.47. The molecule has 6 heteroatoms. The van der Waals surface area contributed by atoms with Crippen molar-refractivity contribution < 1.29 is 14.3 Å². The Morgan fingerprint density at radius 2 is 2.00 bits per heavy atom. The number of carbonyl (C=O) groups is 1. The van der Waals surface area contributed by atoms with Crippen LogP contribution in [-0.4, -0.2) is 35.0 Å². The molecule has 1 N–H and O–H groups in total. The number of benzene rings is 2. The van der Waals surface area contributed by atoms with Gasteiger partial charge < -0.3 is 14.8 Å². The molecular weight excluding hydrogens is 342 g/mol. The minimum Gasteiger partial charge on any atom is -0.491 e. The lowest BCUT2D eigenvalue weighted by molar-refractivity contribution is 0.0679. The standard InChI is InChI=1S/C21H21N3O3/c25-21(23-17-6-8-18(9-7-17)24-13-2-12-22-24)16-4-10-19(11-5-16)27-15-20-3-1-14-26-20/h2,4-13,20H,1,3,14-15H2,(H,23,25). The topological polar surface area (TPSA) is 65.4 Å². The SMILES string of the molecule is O=C(Nc1ccc(-n2cccn2)cc1)c1ccc(OCC2CCCO2)cc1. The molecule has 1 unspecified atom stereocenters. The van der Waals surface area contributed by atoms with Gasteiger partial charge in [-0.25, -0.2) is 4.68 Å². The van der Waals surface area contributed by atoms with Gasteiger partial charge in [0.05, 0.1) is 11.8 Å². The number of ether oxygens (including phenoxy) is 2. The van der Waals surface area contributed by atoms with E-state index >= 15 is 0 Å². The number of amides is 1. The predicted molar refractivity (Wildman–Crippen MR) is 102 cm³/mol. The zero-order valence-electron chi connectivity index (χ0n) is 14.9. The highest BCUT2D eigenvalue weighted by molar-refractivity contribution is 6.04. The van der Waals surface area contributed by atoms with Crippen molar-refractivity contribution in [2.75, 3.05) is 18.5 Å². The molecule has 0 saturated carbocycles. The Labute approximate surface area is 157 Å². The van der Waals surface area contributed by atoms with E-state index in [-0.39, 0.29) is 12.0 Å². The second-order valence-electron chi connectivity index (χ2n) is 6.42. The van der Waals surface area contributed by atoms with Crippen LogP contribution in [0.25, 0.3) is 5.69 Å². The Morgan fingerprint density at radius 1 is 1.19 bits per heavy atom. The maximum Gasteiger partial charge on any atom is 0.255 e. The fourth-order valence-electron chi connectivity index (χ4n) is 2.99. The van der Waals surface area contributed by atoms with Gasteiger partial charge in [-0.2, -0.15) is 5.10 Å². The molecule has 1 atom stereocenters. The molecular formula is C21H21N3O3. The first-order valence-corrected chi connectivity index (χ1v) is 9.04. The molecule has 0 spiro atoms. The lowest BCUT2D eigenvalue weighted by Crippen LogP contribution is -2.16. The average Bonchev–Trinajstić information content (AvgIpc) is 3.41. The van der Waals surface area contributed by atoms with Crippen LogP contribution in [0.5, 0.6) is 5.75 Å². The fourth-order valence-corrected chi connectivity index (χ4v) is 2.99. The summed E-state index contributed by atoms with van der Waals surface area (Å²) in [5, 5.41) is 7.08. The molecule has 2 heterocycles. The number of carbonyl (C=O) groups excluding carboxylic acids is 1. The second-order valence-corrected chi connectivity index (χ2v) is 6.42. The Morgan fingerprint density at radius 3 is 2.67 bits per heavy atom. The average molecular weight is 363 g/mol. The van der Waals surface area contributed by atoms with Gasteiger partial charge in [0.15, 0.2) is 0 Å². The zero-order chi connectivity index (χ0) is 18.5. The van der Waals surface area contributed by atoms with E-state index in [9.17, 15) is 4.79 Å². The van der Waals surface area contributed by atoms with Gasteiger partial charge >= 0.3 is 0 Å². The minimum absolute atomic E-state index is 0.160. The van der Waals surface area contributed by atoms with E-state index in [4.69, 9.17) is 9.47 Å². The molecule has 6 nitrogen and oxygen atoms in total. The number of anilines is 1. The summed E-state index contributed by atoms with van der Waals surface area (Å²) in [6.07, 6.45) is 5.91. The molecule has 2 aromatic carbocycles. The molecule has 138 valence electrons. The lowest BCUT2D eigenvalue weighted by Gasteiger charge is -2.12. The van der Waals surface area contributed by atoms with Crippen LogP contribution >= 0.6 is 0 Å². The molecule has 1 aliphatic rings. The lowest BCUT2D eigenvalue weighted by atomic mass is 10.2. The normalized spacial score (nSPS) is 16.2. The van der Waals surface area contributed by atoms with E-state index in [0.29, 0.717) is 12.2 Å². The van der Waals surface area contributed by atoms with Gasteiger partial charge in [-0.05, 0) is 67.4 Å². The molecule has 1 fully saturated rings. The summed E-state index contributed by atoms with van der Waals surface area (Å²) < 4.78 is 13.0. The second kappa shape index (κ2) is 8.05. The van der Waals surface area contributed by atoms with Gasteiger partial charge in [-0.15, -0.1) is 0 Å². The number of aromatic nitrogens is 2. The van der Waals surface area contributed by atoms with Crippen molar-refractivity contribution >= 4 is 11.6 Å². The van der Waals surface area contributed by atoms with Crippen molar-refractivity contribution in [3.05, 3.63) is 72.6 Å². The molecule has 0 bridgehead atoms. The monoisotopic (exact) mass is 363 g/mol. The Balaban J connectivity index is 1.33. The largest absolute Gasteiger partial charge is 0.491 e. The van der Waals surface area contributed by atoms with E-state index in [1.165, 1.54) is 0 Å². The smallest absolute Gasteiger partial charge is 0.255 e. The quantitative estimate of drug-likeness (QED) is 0.725. The van der Waals surface area contributed by atoms with E-state index in [1.54, 1.807) is 23.0 Å². The number of hydrogen-bond acceptors (Lipinski definition) is 4. The first-order chi connectivity index (χ1) is 13.3. The number of hydrogen-bond donors (Lipinski definition) is 1. The van der Waals surface area contributed by atoms with Crippen LogP contribution < -0.4 is 10.1 Å². The molecule has 1 saturated heterocycles. The molecule has 0 aliphatic carbocycles. The van der Waals surface area contributed by atoms with Crippen molar-refractivity contribution in [1.29, 1.82) is 0 Å². The van der Waals surface area contributed by atoms with Crippen molar-refractivity contribution in [3.63, 3.8) is 0 Å². The molecule has 3 aromatic rings. The maximum atomic E-state index is 12.4. The number of rotatable bonds is 6. The fraction of sp³-hybridized carbons (Fsp3) is 0.238. The summed E-state index contributed by atoms with van der Waals surface area (Å²) in [6, 6.07) is 16.5. The summed E-state index contributed by atoms with van der Waals surface area (Å²) in [5.41, 5.74) is 2.25. The maximum absolute atomic E-state index is 12.4. The third kappa shape index (κ3) is 4.35. The summed E-state index contributed by atoms with van der Waals surface area (Å²) in [4.78, 5) is 12.4. The molecule has 27 heavy (non-hydrogen) atoms. The van der Waals surface area contributed by atoms with Crippen LogP contribution in [0.1, 0.15) is 23.2 Å². The third-order valence-electron chi connectivity index (χ3n) is 4.47. The van der Waals surface area contributed by atoms with E-state index < -0.39 is 0 Å². The highest BCUT2D eigenvalue weighted by Gasteiger charge is 2.16. The Hall–Kier alpha value is -3.12. The van der Waals surface area contributed by atoms with Gasteiger partial charge in [0.2, 0.25) is 0 Å². The van der Waals surface area contributed by atoms with Crippen LogP contribution in [0.2, 0.25) is 0 Å². The van der Waals surface area contributed by atoms with Crippen LogP contribution in [-0.2, 0) is 4.74 Å². The van der Waals surface area contributed by atoms with E-state index in [0.717, 1.165) is 36.6 Å². The van der Waals surface area contributed by atoms with Crippen LogP contribution in [0, 0.1) is 0 Å². The molecule has 1 aromatic heterocycles. The highest BCUT2D eigenvalue weighted by atomic mass is 16.5. The summed E-state index contributed by atoms with van der Waals surface area (Å²) in [6.45, 7) is 1.37. The van der Waals surface area contributed by atoms with Gasteiger partial charge in [-0.1, -0.05) is 0 Å². The molecule has 1 amide bonds. The van der Waals surface area contributed by atoms with Crippen molar-refractivity contribution in [2.24, 2.45) is 0 Å². The van der Waals surface area contributed by atoms with Gasteiger partial charge in [0, 0.05) is 30.3 Å².